The van der Waals surface area contributed by atoms with Gasteiger partial charge >= 0.3 is 0 Å². The summed E-state index contributed by atoms with van der Waals surface area (Å²) in [6, 6.07) is 12.6. The van der Waals surface area contributed by atoms with Gasteiger partial charge < -0.3 is 29.9 Å². The van der Waals surface area contributed by atoms with Gasteiger partial charge in [-0.1, -0.05) is 18.2 Å². The average Bonchev–Trinajstić information content (AvgIpc) is 3.30. The molecule has 31 heavy (non-hydrogen) atoms. The monoisotopic (exact) mass is 424 g/mol. The molecule has 4 rings (SSSR count). The van der Waals surface area contributed by atoms with Gasteiger partial charge in [-0.3, -0.25) is 4.99 Å². The van der Waals surface area contributed by atoms with Crippen LogP contribution in [0.15, 0.2) is 47.6 Å². The lowest BCUT2D eigenvalue weighted by Gasteiger charge is -2.29. The molecule has 166 valence electrons. The van der Waals surface area contributed by atoms with Crippen molar-refractivity contribution in [1.29, 1.82) is 0 Å². The third-order valence-electron chi connectivity index (χ3n) is 5.80. The highest BCUT2D eigenvalue weighted by atomic mass is 16.5. The Kier molecular flexibility index (Phi) is 7.09. The van der Waals surface area contributed by atoms with E-state index in [1.165, 1.54) is 0 Å². The largest absolute Gasteiger partial charge is 0.495 e. The molecule has 0 radical (unpaired) electrons. The van der Waals surface area contributed by atoms with Crippen molar-refractivity contribution in [3.8, 4) is 5.75 Å². The van der Waals surface area contributed by atoms with Gasteiger partial charge in [-0.05, 0) is 24.6 Å². The summed E-state index contributed by atoms with van der Waals surface area (Å²) in [6.07, 6.45) is 2.90. The van der Waals surface area contributed by atoms with Gasteiger partial charge in [0.2, 0.25) is 0 Å². The lowest BCUT2D eigenvalue weighted by molar-refractivity contribution is 0.122. The number of hydrogen-bond acceptors (Lipinski definition) is 6. The molecular formula is C23H32N6O2. The van der Waals surface area contributed by atoms with Gasteiger partial charge in [0.05, 0.1) is 26.0 Å². The molecular weight excluding hydrogens is 392 g/mol. The molecule has 0 amide bonds. The van der Waals surface area contributed by atoms with Crippen LogP contribution < -0.4 is 25.2 Å². The first-order valence-corrected chi connectivity index (χ1v) is 10.9. The van der Waals surface area contributed by atoms with Gasteiger partial charge in [0.1, 0.15) is 11.6 Å². The number of morpholine rings is 1. The second kappa shape index (κ2) is 10.3. The van der Waals surface area contributed by atoms with Crippen LogP contribution in [0.2, 0.25) is 0 Å². The number of pyridine rings is 1. The Hall–Kier alpha value is -3.00. The molecule has 8 heteroatoms. The minimum Gasteiger partial charge on any atom is -0.495 e. The van der Waals surface area contributed by atoms with Crippen LogP contribution in [0.1, 0.15) is 12.0 Å². The first-order chi connectivity index (χ1) is 15.3. The van der Waals surface area contributed by atoms with Crippen LogP contribution in [-0.2, 0) is 11.3 Å². The normalized spacial score (nSPS) is 19.4. The number of anilines is 2. The van der Waals surface area contributed by atoms with Crippen LogP contribution in [-0.4, -0.2) is 70.5 Å². The molecule has 2 saturated heterocycles. The van der Waals surface area contributed by atoms with Gasteiger partial charge in [0.25, 0.3) is 0 Å². The van der Waals surface area contributed by atoms with Crippen LogP contribution in [0.25, 0.3) is 0 Å². The number of methoxy groups -OCH3 is 1. The molecule has 0 spiro atoms. The zero-order valence-electron chi connectivity index (χ0n) is 18.4. The number of nitrogens with one attached hydrogen (secondary N) is 2. The summed E-state index contributed by atoms with van der Waals surface area (Å²) in [6.45, 7) is 5.80. The molecule has 2 fully saturated rings. The van der Waals surface area contributed by atoms with Gasteiger partial charge in [-0.25, -0.2) is 4.98 Å². The number of aromatic nitrogens is 1. The summed E-state index contributed by atoms with van der Waals surface area (Å²) in [5, 5.41) is 7.04. The first kappa shape index (κ1) is 21.2. The van der Waals surface area contributed by atoms with Crippen LogP contribution in [0, 0.1) is 0 Å². The summed E-state index contributed by atoms with van der Waals surface area (Å²) in [5.41, 5.74) is 2.30. The fourth-order valence-electron chi connectivity index (χ4n) is 4.18. The number of nitrogens with zero attached hydrogens (tertiary/aromatic N) is 4. The first-order valence-electron chi connectivity index (χ1n) is 10.9. The maximum absolute atomic E-state index is 5.53. The van der Waals surface area contributed by atoms with E-state index in [1.807, 2.05) is 31.4 Å². The molecule has 0 bridgehead atoms. The highest BCUT2D eigenvalue weighted by Gasteiger charge is 2.25. The summed E-state index contributed by atoms with van der Waals surface area (Å²) in [7, 11) is 3.54. The Bertz CT molecular complexity index is 884. The van der Waals surface area contributed by atoms with E-state index in [-0.39, 0.29) is 0 Å². The molecule has 2 N–H and O–H groups in total. The van der Waals surface area contributed by atoms with Crippen molar-refractivity contribution < 1.29 is 9.47 Å². The topological polar surface area (TPSA) is 74.2 Å². The number of aliphatic imine (C=N–C) groups is 1. The van der Waals surface area contributed by atoms with Crippen molar-refractivity contribution in [3.63, 3.8) is 0 Å². The summed E-state index contributed by atoms with van der Waals surface area (Å²) in [5.74, 6) is 2.75. The molecule has 1 aromatic carbocycles. The molecule has 1 atom stereocenters. The smallest absolute Gasteiger partial charge is 0.191 e. The lowest BCUT2D eigenvalue weighted by atomic mass is 10.2. The van der Waals surface area contributed by atoms with E-state index in [0.29, 0.717) is 12.6 Å². The maximum atomic E-state index is 5.53. The standard InChI is InChI=1S/C23H32N6O2/c1-24-23(26-16-18-6-5-10-25-22(18)28-12-14-31-15-13-28)27-19-9-11-29(17-19)20-7-3-4-8-21(20)30-2/h3-8,10,19H,9,11-17H2,1-2H3,(H2,24,26,27). The van der Waals surface area contributed by atoms with Crippen LogP contribution >= 0.6 is 0 Å². The summed E-state index contributed by atoms with van der Waals surface area (Å²) >= 11 is 0. The van der Waals surface area contributed by atoms with E-state index in [9.17, 15) is 0 Å². The van der Waals surface area contributed by atoms with E-state index < -0.39 is 0 Å². The van der Waals surface area contributed by atoms with Gasteiger partial charge in [0.15, 0.2) is 5.96 Å². The van der Waals surface area contributed by atoms with Crippen molar-refractivity contribution in [2.75, 3.05) is 63.4 Å². The van der Waals surface area contributed by atoms with Crippen molar-refractivity contribution in [3.05, 3.63) is 48.2 Å². The Morgan fingerprint density at radius 1 is 1.16 bits per heavy atom. The van der Waals surface area contributed by atoms with E-state index >= 15 is 0 Å². The number of ether oxygens (including phenoxy) is 2. The number of rotatable bonds is 6. The molecule has 1 unspecified atom stereocenters. The Morgan fingerprint density at radius 2 is 2.00 bits per heavy atom. The number of para-hydroxylation sites is 2. The fourth-order valence-corrected chi connectivity index (χ4v) is 4.18. The lowest BCUT2D eigenvalue weighted by Crippen LogP contribution is -2.44. The van der Waals surface area contributed by atoms with E-state index in [0.717, 1.165) is 74.6 Å². The predicted molar refractivity (Wildman–Crippen MR) is 124 cm³/mol. The SMILES string of the molecule is CN=C(NCc1cccnc1N1CCOCC1)NC1CCN(c2ccccc2OC)C1. The molecule has 1 aromatic heterocycles. The molecule has 8 nitrogen and oxygen atoms in total. The quantitative estimate of drug-likeness (QED) is 0.542. The minimum atomic E-state index is 0.323. The number of benzene rings is 1. The van der Waals surface area contributed by atoms with Crippen LogP contribution in [0.4, 0.5) is 11.5 Å². The zero-order chi connectivity index (χ0) is 21.5. The van der Waals surface area contributed by atoms with Gasteiger partial charge in [0, 0.05) is 57.6 Å². The highest BCUT2D eigenvalue weighted by molar-refractivity contribution is 5.80. The summed E-state index contributed by atoms with van der Waals surface area (Å²) < 4.78 is 11.0. The average molecular weight is 425 g/mol. The van der Waals surface area contributed by atoms with Crippen molar-refractivity contribution in [2.24, 2.45) is 4.99 Å². The van der Waals surface area contributed by atoms with Crippen molar-refractivity contribution in [1.82, 2.24) is 15.6 Å². The van der Waals surface area contributed by atoms with Crippen molar-refractivity contribution in [2.45, 2.75) is 19.0 Å². The Labute approximate surface area is 184 Å². The predicted octanol–water partition coefficient (Wildman–Crippen LogP) is 1.87. The molecule has 0 saturated carbocycles. The van der Waals surface area contributed by atoms with Gasteiger partial charge in [-0.2, -0.15) is 0 Å². The third kappa shape index (κ3) is 5.19. The highest BCUT2D eigenvalue weighted by Crippen LogP contribution is 2.30. The minimum absolute atomic E-state index is 0.323. The molecule has 2 aliphatic rings. The second-order valence-electron chi connectivity index (χ2n) is 7.76. The van der Waals surface area contributed by atoms with E-state index in [2.05, 4.69) is 48.6 Å². The Morgan fingerprint density at radius 3 is 2.81 bits per heavy atom. The Balaban J connectivity index is 1.34. The zero-order valence-corrected chi connectivity index (χ0v) is 18.4. The second-order valence-corrected chi connectivity index (χ2v) is 7.76. The molecule has 3 heterocycles. The molecule has 2 aliphatic heterocycles. The van der Waals surface area contributed by atoms with Crippen LogP contribution in [0.5, 0.6) is 5.75 Å². The maximum Gasteiger partial charge on any atom is 0.191 e. The fraction of sp³-hybridized carbons (Fsp3) is 0.478. The van der Waals surface area contributed by atoms with Crippen molar-refractivity contribution >= 4 is 17.5 Å². The number of hydrogen-bond donors (Lipinski definition) is 2. The third-order valence-corrected chi connectivity index (χ3v) is 5.80. The van der Waals surface area contributed by atoms with Gasteiger partial charge in [-0.15, -0.1) is 0 Å². The summed E-state index contributed by atoms with van der Waals surface area (Å²) in [4.78, 5) is 13.7. The van der Waals surface area contributed by atoms with E-state index in [4.69, 9.17) is 9.47 Å². The van der Waals surface area contributed by atoms with Crippen LogP contribution in [0.3, 0.4) is 0 Å². The molecule has 0 aliphatic carbocycles. The van der Waals surface area contributed by atoms with E-state index in [1.54, 1.807) is 7.11 Å². The molecule has 2 aromatic rings. The number of guanidine groups is 1.